The van der Waals surface area contributed by atoms with Gasteiger partial charge >= 0.3 is 0 Å². The zero-order chi connectivity index (χ0) is 12.6. The summed E-state index contributed by atoms with van der Waals surface area (Å²) in [6, 6.07) is 0. The van der Waals surface area contributed by atoms with Gasteiger partial charge in [0.25, 0.3) is 0 Å². The summed E-state index contributed by atoms with van der Waals surface area (Å²) in [7, 11) is 0. The van der Waals surface area contributed by atoms with Crippen LogP contribution in [0.1, 0.15) is 54.4 Å². The molecule has 0 aromatic rings. The summed E-state index contributed by atoms with van der Waals surface area (Å²) >= 11 is 0. The first kappa shape index (κ1) is 15.9. The molecule has 2 heteroatoms. The molecule has 98 valence electrons. The van der Waals surface area contributed by atoms with E-state index in [1.165, 1.54) is 12.8 Å². The maximum atomic E-state index is 5.36. The first-order valence-corrected chi connectivity index (χ1v) is 6.69. The lowest BCUT2D eigenvalue weighted by Gasteiger charge is -2.26. The van der Waals surface area contributed by atoms with Crippen LogP contribution < -0.4 is 5.32 Å². The molecule has 0 bridgehead atoms. The molecular formula is C14H31NO. The molecule has 0 aromatic heterocycles. The molecule has 0 spiro atoms. The number of hydrogen-bond donors (Lipinski definition) is 1. The van der Waals surface area contributed by atoms with E-state index in [-0.39, 0.29) is 5.54 Å². The van der Waals surface area contributed by atoms with Crippen LogP contribution in [0.2, 0.25) is 0 Å². The Morgan fingerprint density at radius 1 is 1.12 bits per heavy atom. The van der Waals surface area contributed by atoms with Crippen molar-refractivity contribution >= 4 is 0 Å². The Kier molecular flexibility index (Phi) is 8.04. The quantitative estimate of drug-likeness (QED) is 0.644. The molecule has 0 saturated carbocycles. The Morgan fingerprint density at radius 2 is 1.75 bits per heavy atom. The van der Waals surface area contributed by atoms with E-state index in [2.05, 4.69) is 46.9 Å². The van der Waals surface area contributed by atoms with Gasteiger partial charge in [-0.15, -0.1) is 0 Å². The first-order chi connectivity index (χ1) is 7.37. The van der Waals surface area contributed by atoms with E-state index >= 15 is 0 Å². The third kappa shape index (κ3) is 9.17. The molecule has 0 amide bonds. The Bertz CT molecular complexity index is 163. The minimum Gasteiger partial charge on any atom is -0.382 e. The van der Waals surface area contributed by atoms with Crippen molar-refractivity contribution in [3.8, 4) is 0 Å². The highest BCUT2D eigenvalue weighted by atomic mass is 16.5. The molecule has 0 rings (SSSR count). The van der Waals surface area contributed by atoms with Crippen LogP contribution in [0.5, 0.6) is 0 Å². The second-order valence-electron chi connectivity index (χ2n) is 5.92. The maximum absolute atomic E-state index is 5.36. The summed E-state index contributed by atoms with van der Waals surface area (Å²) in [6.45, 7) is 16.3. The van der Waals surface area contributed by atoms with Crippen LogP contribution in [0.4, 0.5) is 0 Å². The standard InChI is InChI=1S/C14H31NO/c1-7-16-10-8-9-12(2)13(3)11-15-14(4,5)6/h12-13,15H,7-11H2,1-6H3. The number of hydrogen-bond acceptors (Lipinski definition) is 2. The van der Waals surface area contributed by atoms with E-state index in [9.17, 15) is 0 Å². The Hall–Kier alpha value is -0.0800. The van der Waals surface area contributed by atoms with Gasteiger partial charge in [-0.25, -0.2) is 0 Å². The summed E-state index contributed by atoms with van der Waals surface area (Å²) in [5, 5.41) is 3.57. The van der Waals surface area contributed by atoms with Gasteiger partial charge in [-0.1, -0.05) is 13.8 Å². The summed E-state index contributed by atoms with van der Waals surface area (Å²) in [5.41, 5.74) is 0.235. The second kappa shape index (κ2) is 8.08. The van der Waals surface area contributed by atoms with E-state index < -0.39 is 0 Å². The molecule has 0 fully saturated rings. The Morgan fingerprint density at radius 3 is 2.25 bits per heavy atom. The molecule has 2 atom stereocenters. The molecule has 0 radical (unpaired) electrons. The molecule has 16 heavy (non-hydrogen) atoms. The molecule has 1 N–H and O–H groups in total. The number of nitrogens with one attached hydrogen (secondary N) is 1. The minimum absolute atomic E-state index is 0.235. The van der Waals surface area contributed by atoms with Crippen molar-refractivity contribution in [1.29, 1.82) is 0 Å². The predicted molar refractivity (Wildman–Crippen MR) is 71.8 cm³/mol. The Labute approximate surface area is 102 Å². The van der Waals surface area contributed by atoms with E-state index in [1.807, 2.05) is 0 Å². The van der Waals surface area contributed by atoms with Gasteiger partial charge in [-0.05, 0) is 58.9 Å². The lowest BCUT2D eigenvalue weighted by atomic mass is 9.91. The average Bonchev–Trinajstić information content (AvgIpc) is 2.19. The highest BCUT2D eigenvalue weighted by Crippen LogP contribution is 2.17. The van der Waals surface area contributed by atoms with Gasteiger partial charge in [0, 0.05) is 18.8 Å². The molecule has 0 heterocycles. The van der Waals surface area contributed by atoms with E-state index in [4.69, 9.17) is 4.74 Å². The van der Waals surface area contributed by atoms with Crippen LogP contribution in [0.25, 0.3) is 0 Å². The van der Waals surface area contributed by atoms with E-state index in [1.54, 1.807) is 0 Å². The fourth-order valence-corrected chi connectivity index (χ4v) is 1.60. The van der Waals surface area contributed by atoms with Crippen molar-refractivity contribution in [1.82, 2.24) is 5.32 Å². The van der Waals surface area contributed by atoms with Gasteiger partial charge < -0.3 is 10.1 Å². The average molecular weight is 229 g/mol. The van der Waals surface area contributed by atoms with Crippen LogP contribution in [0.15, 0.2) is 0 Å². The third-order valence-electron chi connectivity index (χ3n) is 3.08. The fourth-order valence-electron chi connectivity index (χ4n) is 1.60. The summed E-state index contributed by atoms with van der Waals surface area (Å²) < 4.78 is 5.36. The van der Waals surface area contributed by atoms with Crippen molar-refractivity contribution in [2.75, 3.05) is 19.8 Å². The maximum Gasteiger partial charge on any atom is 0.0465 e. The molecule has 2 nitrogen and oxygen atoms in total. The van der Waals surface area contributed by atoms with Crippen LogP contribution in [-0.4, -0.2) is 25.3 Å². The normalized spacial score (nSPS) is 16.1. The number of rotatable bonds is 8. The predicted octanol–water partition coefficient (Wildman–Crippen LogP) is 3.46. The molecule has 0 aromatic carbocycles. The van der Waals surface area contributed by atoms with E-state index in [0.717, 1.165) is 31.6 Å². The smallest absolute Gasteiger partial charge is 0.0465 e. The van der Waals surface area contributed by atoms with Crippen molar-refractivity contribution in [2.45, 2.75) is 59.9 Å². The highest BCUT2D eigenvalue weighted by molar-refractivity contribution is 4.73. The van der Waals surface area contributed by atoms with Crippen LogP contribution >= 0.6 is 0 Å². The van der Waals surface area contributed by atoms with Crippen molar-refractivity contribution in [3.05, 3.63) is 0 Å². The lowest BCUT2D eigenvalue weighted by molar-refractivity contribution is 0.136. The molecule has 0 aliphatic heterocycles. The highest BCUT2D eigenvalue weighted by Gasteiger charge is 2.15. The Balaban J connectivity index is 3.61. The molecule has 0 aliphatic carbocycles. The monoisotopic (exact) mass is 229 g/mol. The zero-order valence-corrected chi connectivity index (χ0v) is 12.1. The van der Waals surface area contributed by atoms with Crippen molar-refractivity contribution in [2.24, 2.45) is 11.8 Å². The van der Waals surface area contributed by atoms with Gasteiger partial charge in [0.05, 0.1) is 0 Å². The van der Waals surface area contributed by atoms with E-state index in [0.29, 0.717) is 0 Å². The van der Waals surface area contributed by atoms with Gasteiger partial charge in [0.15, 0.2) is 0 Å². The fraction of sp³-hybridized carbons (Fsp3) is 1.00. The van der Waals surface area contributed by atoms with Crippen molar-refractivity contribution < 1.29 is 4.74 Å². The first-order valence-electron chi connectivity index (χ1n) is 6.69. The van der Waals surface area contributed by atoms with Gasteiger partial charge in [0.2, 0.25) is 0 Å². The van der Waals surface area contributed by atoms with Crippen LogP contribution in [0, 0.1) is 11.8 Å². The summed E-state index contributed by atoms with van der Waals surface area (Å²) in [4.78, 5) is 0. The SMILES string of the molecule is CCOCCCC(C)C(C)CNC(C)(C)C. The van der Waals surface area contributed by atoms with Crippen LogP contribution in [0.3, 0.4) is 0 Å². The van der Waals surface area contributed by atoms with Crippen molar-refractivity contribution in [3.63, 3.8) is 0 Å². The third-order valence-corrected chi connectivity index (χ3v) is 3.08. The largest absolute Gasteiger partial charge is 0.382 e. The van der Waals surface area contributed by atoms with Gasteiger partial charge in [-0.3, -0.25) is 0 Å². The summed E-state index contributed by atoms with van der Waals surface area (Å²) in [5.74, 6) is 1.51. The van der Waals surface area contributed by atoms with Crippen LogP contribution in [-0.2, 0) is 4.74 Å². The van der Waals surface area contributed by atoms with Gasteiger partial charge in [-0.2, -0.15) is 0 Å². The second-order valence-corrected chi connectivity index (χ2v) is 5.92. The number of ether oxygens (including phenoxy) is 1. The molecular weight excluding hydrogens is 198 g/mol. The topological polar surface area (TPSA) is 21.3 Å². The molecule has 2 unspecified atom stereocenters. The zero-order valence-electron chi connectivity index (χ0n) is 12.1. The molecule has 0 saturated heterocycles. The molecule has 0 aliphatic rings. The summed E-state index contributed by atoms with van der Waals surface area (Å²) in [6.07, 6.45) is 2.46. The minimum atomic E-state index is 0.235. The van der Waals surface area contributed by atoms with Gasteiger partial charge in [0.1, 0.15) is 0 Å². The lowest BCUT2D eigenvalue weighted by Crippen LogP contribution is -2.39.